The number of hydrogen-bond donors (Lipinski definition) is 2. The van der Waals surface area contributed by atoms with E-state index < -0.39 is 10.0 Å². The number of hydrogen-bond acceptors (Lipinski definition) is 3. The Morgan fingerprint density at radius 2 is 1.83 bits per heavy atom. The molecule has 0 radical (unpaired) electrons. The van der Waals surface area contributed by atoms with Crippen molar-refractivity contribution in [3.8, 4) is 0 Å². The Labute approximate surface area is 112 Å². The third-order valence-electron chi connectivity index (χ3n) is 4.02. The fourth-order valence-electron chi connectivity index (χ4n) is 2.06. The molecule has 0 spiro atoms. The molecule has 1 unspecified atom stereocenters. The highest BCUT2D eigenvalue weighted by Gasteiger charge is 2.18. The molecule has 1 saturated heterocycles. The van der Waals surface area contributed by atoms with Crippen LogP contribution in [0.5, 0.6) is 0 Å². The van der Waals surface area contributed by atoms with Crippen molar-refractivity contribution >= 4 is 10.0 Å². The lowest BCUT2D eigenvalue weighted by Gasteiger charge is -2.22. The first kappa shape index (κ1) is 15.9. The molecule has 0 saturated carbocycles. The first-order chi connectivity index (χ1) is 8.41. The van der Waals surface area contributed by atoms with Crippen LogP contribution >= 0.6 is 0 Å². The van der Waals surface area contributed by atoms with Crippen LogP contribution < -0.4 is 10.0 Å². The van der Waals surface area contributed by atoms with Crippen molar-refractivity contribution in [1.82, 2.24) is 10.0 Å². The van der Waals surface area contributed by atoms with Gasteiger partial charge in [-0.15, -0.1) is 0 Å². The SMILES string of the molecule is CC(C)C(C)CNS(=O)(=O)CCC1CCNCC1. The second-order valence-electron chi connectivity index (χ2n) is 5.87. The van der Waals surface area contributed by atoms with E-state index in [9.17, 15) is 8.42 Å². The molecule has 2 N–H and O–H groups in total. The maximum absolute atomic E-state index is 11.9. The predicted octanol–water partition coefficient (Wildman–Crippen LogP) is 1.59. The second kappa shape index (κ2) is 7.46. The van der Waals surface area contributed by atoms with Gasteiger partial charge in [0, 0.05) is 6.54 Å². The Morgan fingerprint density at radius 1 is 1.22 bits per heavy atom. The van der Waals surface area contributed by atoms with Gasteiger partial charge in [0.15, 0.2) is 0 Å². The van der Waals surface area contributed by atoms with E-state index in [1.807, 2.05) is 0 Å². The predicted molar refractivity (Wildman–Crippen MR) is 76.0 cm³/mol. The molecule has 1 fully saturated rings. The summed E-state index contributed by atoms with van der Waals surface area (Å²) in [5, 5.41) is 3.30. The third-order valence-corrected chi connectivity index (χ3v) is 5.40. The Kier molecular flexibility index (Phi) is 6.60. The first-order valence-electron chi connectivity index (χ1n) is 7.09. The van der Waals surface area contributed by atoms with E-state index in [-0.39, 0.29) is 5.75 Å². The van der Waals surface area contributed by atoms with Crippen LogP contribution in [-0.4, -0.2) is 33.8 Å². The largest absolute Gasteiger partial charge is 0.317 e. The summed E-state index contributed by atoms with van der Waals surface area (Å²) in [7, 11) is -3.08. The van der Waals surface area contributed by atoms with Gasteiger partial charge in [-0.3, -0.25) is 0 Å². The van der Waals surface area contributed by atoms with Gasteiger partial charge in [-0.25, -0.2) is 13.1 Å². The van der Waals surface area contributed by atoms with Crippen LogP contribution in [0, 0.1) is 17.8 Å². The average molecular weight is 276 g/mol. The van der Waals surface area contributed by atoms with Gasteiger partial charge in [0.1, 0.15) is 0 Å². The second-order valence-corrected chi connectivity index (χ2v) is 7.80. The van der Waals surface area contributed by atoms with Gasteiger partial charge < -0.3 is 5.32 Å². The monoisotopic (exact) mass is 276 g/mol. The number of sulfonamides is 1. The zero-order valence-corrected chi connectivity index (χ0v) is 12.7. The van der Waals surface area contributed by atoms with Crippen molar-refractivity contribution < 1.29 is 8.42 Å². The Morgan fingerprint density at radius 3 is 2.39 bits per heavy atom. The molecule has 4 nitrogen and oxygen atoms in total. The smallest absolute Gasteiger partial charge is 0.211 e. The van der Waals surface area contributed by atoms with Crippen LogP contribution in [0.4, 0.5) is 0 Å². The third kappa shape index (κ3) is 6.16. The molecule has 0 aromatic rings. The van der Waals surface area contributed by atoms with Gasteiger partial charge >= 0.3 is 0 Å². The van der Waals surface area contributed by atoms with E-state index >= 15 is 0 Å². The molecule has 0 aromatic carbocycles. The maximum Gasteiger partial charge on any atom is 0.211 e. The summed E-state index contributed by atoms with van der Waals surface area (Å²) in [5.41, 5.74) is 0. The van der Waals surface area contributed by atoms with Crippen LogP contribution in [0.15, 0.2) is 0 Å². The lowest BCUT2D eigenvalue weighted by Crippen LogP contribution is -2.34. The quantitative estimate of drug-likeness (QED) is 0.742. The van der Waals surface area contributed by atoms with Gasteiger partial charge in [-0.1, -0.05) is 20.8 Å². The summed E-state index contributed by atoms with van der Waals surface area (Å²) in [6, 6.07) is 0. The fraction of sp³-hybridized carbons (Fsp3) is 1.00. The summed E-state index contributed by atoms with van der Waals surface area (Å²) in [6.45, 7) is 8.94. The van der Waals surface area contributed by atoms with Crippen molar-refractivity contribution in [3.05, 3.63) is 0 Å². The minimum Gasteiger partial charge on any atom is -0.317 e. The zero-order valence-electron chi connectivity index (χ0n) is 11.9. The van der Waals surface area contributed by atoms with Gasteiger partial charge in [-0.2, -0.15) is 0 Å². The standard InChI is InChI=1S/C13H28N2O2S/c1-11(2)12(3)10-15-18(16,17)9-6-13-4-7-14-8-5-13/h11-15H,4-10H2,1-3H3. The highest BCUT2D eigenvalue weighted by Crippen LogP contribution is 2.16. The average Bonchev–Trinajstić information content (AvgIpc) is 2.35. The molecular weight excluding hydrogens is 248 g/mol. The minimum atomic E-state index is -3.08. The van der Waals surface area contributed by atoms with Gasteiger partial charge in [0.25, 0.3) is 0 Å². The van der Waals surface area contributed by atoms with Crippen molar-refractivity contribution in [2.45, 2.75) is 40.0 Å². The fourth-order valence-corrected chi connectivity index (χ4v) is 3.36. The van der Waals surface area contributed by atoms with Gasteiger partial charge in [0.2, 0.25) is 10.0 Å². The van der Waals surface area contributed by atoms with Crippen LogP contribution in [0.25, 0.3) is 0 Å². The number of nitrogens with one attached hydrogen (secondary N) is 2. The minimum absolute atomic E-state index is 0.280. The number of piperidine rings is 1. The van der Waals surface area contributed by atoms with Crippen LogP contribution in [0.2, 0.25) is 0 Å². The highest BCUT2D eigenvalue weighted by molar-refractivity contribution is 7.89. The molecular formula is C13H28N2O2S. The molecule has 0 amide bonds. The normalized spacial score (nSPS) is 20.2. The Hall–Kier alpha value is -0.130. The molecule has 108 valence electrons. The molecule has 1 aliphatic rings. The van der Waals surface area contributed by atoms with E-state index in [4.69, 9.17) is 0 Å². The Bertz CT molecular complexity index is 322. The summed E-state index contributed by atoms with van der Waals surface area (Å²) in [4.78, 5) is 0. The summed E-state index contributed by atoms with van der Waals surface area (Å²) >= 11 is 0. The van der Waals surface area contributed by atoms with Crippen molar-refractivity contribution in [2.24, 2.45) is 17.8 Å². The van der Waals surface area contributed by atoms with Crippen LogP contribution in [0.1, 0.15) is 40.0 Å². The van der Waals surface area contributed by atoms with Crippen molar-refractivity contribution in [3.63, 3.8) is 0 Å². The van der Waals surface area contributed by atoms with Crippen LogP contribution in [-0.2, 0) is 10.0 Å². The first-order valence-corrected chi connectivity index (χ1v) is 8.74. The molecule has 18 heavy (non-hydrogen) atoms. The van der Waals surface area contributed by atoms with Crippen LogP contribution in [0.3, 0.4) is 0 Å². The summed E-state index contributed by atoms with van der Waals surface area (Å²) in [5.74, 6) is 1.75. The molecule has 1 rings (SSSR count). The molecule has 1 atom stereocenters. The molecule has 0 aromatic heterocycles. The van der Waals surface area contributed by atoms with Crippen molar-refractivity contribution in [2.75, 3.05) is 25.4 Å². The lowest BCUT2D eigenvalue weighted by atomic mass is 9.96. The van der Waals surface area contributed by atoms with E-state index in [1.165, 1.54) is 0 Å². The molecule has 1 heterocycles. The van der Waals surface area contributed by atoms with Gasteiger partial charge in [-0.05, 0) is 50.1 Å². The van der Waals surface area contributed by atoms with Gasteiger partial charge in [0.05, 0.1) is 5.75 Å². The Balaban J connectivity index is 2.26. The molecule has 1 aliphatic heterocycles. The topological polar surface area (TPSA) is 58.2 Å². The maximum atomic E-state index is 11.9. The zero-order chi connectivity index (χ0) is 13.6. The van der Waals surface area contributed by atoms with E-state index in [1.54, 1.807) is 0 Å². The number of rotatable bonds is 7. The van der Waals surface area contributed by atoms with E-state index in [0.29, 0.717) is 24.3 Å². The lowest BCUT2D eigenvalue weighted by molar-refractivity contribution is 0.364. The summed E-state index contributed by atoms with van der Waals surface area (Å²) in [6.07, 6.45) is 3.02. The molecule has 5 heteroatoms. The highest BCUT2D eigenvalue weighted by atomic mass is 32.2. The molecule has 0 bridgehead atoms. The van der Waals surface area contributed by atoms with E-state index in [0.717, 1.165) is 32.4 Å². The molecule has 0 aliphatic carbocycles. The summed E-state index contributed by atoms with van der Waals surface area (Å²) < 4.78 is 26.5. The van der Waals surface area contributed by atoms with Crippen molar-refractivity contribution in [1.29, 1.82) is 0 Å². The van der Waals surface area contributed by atoms with E-state index in [2.05, 4.69) is 30.8 Å².